The highest BCUT2D eigenvalue weighted by Gasteiger charge is 2.31. The maximum Gasteiger partial charge on any atom is 0.239 e. The van der Waals surface area contributed by atoms with Crippen molar-refractivity contribution in [1.29, 1.82) is 0 Å². The number of nitrogens with two attached hydrogens (primary N) is 2. The van der Waals surface area contributed by atoms with E-state index in [1.54, 1.807) is 12.1 Å². The zero-order valence-electron chi connectivity index (χ0n) is 53.5. The van der Waals surface area contributed by atoms with Gasteiger partial charge in [0.2, 0.25) is 11.8 Å². The van der Waals surface area contributed by atoms with E-state index in [-0.39, 0.29) is 41.6 Å². The Balaban J connectivity index is 0.00000101. The van der Waals surface area contributed by atoms with Crippen LogP contribution in [0.2, 0.25) is 40.9 Å². The molecule has 5 heterocycles. The van der Waals surface area contributed by atoms with Gasteiger partial charge in [-0.2, -0.15) is 0 Å². The molecule has 3 radical (unpaired) electrons. The molecule has 0 spiro atoms. The Bertz CT molecular complexity index is 1630. The molecular formula is C59H122B3N12O3. The number of phenolic OH excluding ortho intramolecular Hbond substituents is 1. The molecule has 0 unspecified atom stereocenters. The first-order valence-corrected chi connectivity index (χ1v) is 30.0. The Morgan fingerprint density at radius 3 is 1.45 bits per heavy atom. The molecule has 2 amide bonds. The molecule has 0 bridgehead atoms. The van der Waals surface area contributed by atoms with Crippen molar-refractivity contribution in [3.63, 3.8) is 0 Å². The quantitative estimate of drug-likeness (QED) is 0.125. The van der Waals surface area contributed by atoms with E-state index in [0.717, 1.165) is 82.0 Å². The first-order valence-electron chi connectivity index (χ1n) is 30.0. The molecule has 15 nitrogen and oxygen atoms in total. The molecule has 0 saturated carbocycles. The summed E-state index contributed by atoms with van der Waals surface area (Å²) in [5.41, 5.74) is 14.2. The van der Waals surface area contributed by atoms with E-state index >= 15 is 0 Å². The summed E-state index contributed by atoms with van der Waals surface area (Å²) < 4.78 is 0. The third-order valence-electron chi connectivity index (χ3n) is 15.5. The molecule has 1 aromatic carbocycles. The number of carbonyl (C=O) groups is 2. The van der Waals surface area contributed by atoms with Gasteiger partial charge in [-0.25, -0.2) is 0 Å². The summed E-state index contributed by atoms with van der Waals surface area (Å²) in [6.07, 6.45) is 10.4. The van der Waals surface area contributed by atoms with E-state index in [4.69, 9.17) is 11.5 Å². The van der Waals surface area contributed by atoms with Crippen molar-refractivity contribution in [3.05, 3.63) is 29.3 Å². The van der Waals surface area contributed by atoms with Crippen molar-refractivity contribution < 1.29 is 14.7 Å². The van der Waals surface area contributed by atoms with Gasteiger partial charge in [0.1, 0.15) is 19.7 Å². The molecule has 5 aliphatic heterocycles. The second kappa shape index (κ2) is 41.7. The van der Waals surface area contributed by atoms with E-state index in [0.29, 0.717) is 42.9 Å². The molecule has 5 aliphatic rings. The maximum absolute atomic E-state index is 12.9. The smallest absolute Gasteiger partial charge is 0.239 e. The largest absolute Gasteiger partial charge is 0.508 e. The standard InChI is InChI=1S/C22H36N4O2.C12H25N3O.C12H27N3.C7H16N2.C3H9B.C2H6B.CH3B/c1-15(2)21(14-26-9-7-18(8-10-26)25(3)4)24-22(28)20-12-16-5-6-19(27)11-17(16)13-23-20;1-9(2)11(13)12(16)15-7-5-10(6-8-15)14(3)4;1-10(2)12(13)9-15-7-5-11(6-8-15)14(3)4;1-9(2)7-3-5-8-6-4-7;1-4(2)3;1-3-2;1-2/h5-6,11,15,18,20-21,23,27H,7-10,12-14H2,1-4H3,(H,24,28);9-11H,5-8,13H2,1-4H3;10-12H,5-9,13H2,1-4H3;7-8H,3-6H2,1-2H3;1-3H3;1-2H3;1H3/t20-,21-;11-;12-;;;;/m101..../s1. The van der Waals surface area contributed by atoms with Crippen LogP contribution in [-0.4, -0.2) is 243 Å². The van der Waals surface area contributed by atoms with Gasteiger partial charge in [-0.1, -0.05) is 88.5 Å². The number of benzene rings is 1. The van der Waals surface area contributed by atoms with E-state index in [1.165, 1.54) is 71.5 Å². The molecule has 0 aliphatic carbocycles. The van der Waals surface area contributed by atoms with Gasteiger partial charge in [-0.05, 0) is 194 Å². The summed E-state index contributed by atoms with van der Waals surface area (Å²) in [6.45, 7) is 36.9. The number of likely N-dealkylation sites (tertiary alicyclic amines) is 3. The number of piperidine rings is 4. The van der Waals surface area contributed by atoms with Gasteiger partial charge < -0.3 is 66.8 Å². The lowest BCUT2D eigenvalue weighted by atomic mass is 9.58. The molecule has 6 rings (SSSR count). The Morgan fingerprint density at radius 1 is 0.675 bits per heavy atom. The van der Waals surface area contributed by atoms with Crippen LogP contribution in [0, 0.1) is 17.8 Å². The number of carbonyl (C=O) groups excluding carboxylic acids is 2. The summed E-state index contributed by atoms with van der Waals surface area (Å²) in [4.78, 5) is 41.1. The zero-order valence-corrected chi connectivity index (χ0v) is 53.5. The Labute approximate surface area is 478 Å². The van der Waals surface area contributed by atoms with Crippen LogP contribution in [0.5, 0.6) is 5.75 Å². The number of nitrogens with one attached hydrogen (secondary N) is 3. The van der Waals surface area contributed by atoms with Gasteiger partial charge in [0.25, 0.3) is 0 Å². The highest BCUT2D eigenvalue weighted by Crippen LogP contribution is 2.23. The van der Waals surface area contributed by atoms with E-state index in [2.05, 4.69) is 158 Å². The van der Waals surface area contributed by atoms with Crippen molar-refractivity contribution >= 4 is 33.7 Å². The molecule has 18 heteroatoms. The predicted molar refractivity (Wildman–Crippen MR) is 336 cm³/mol. The van der Waals surface area contributed by atoms with Crippen molar-refractivity contribution in [1.82, 2.24) is 50.2 Å². The van der Waals surface area contributed by atoms with Gasteiger partial charge in [0.15, 0.2) is 0 Å². The van der Waals surface area contributed by atoms with Crippen LogP contribution in [-0.2, 0) is 22.6 Å². The minimum absolute atomic E-state index is 0.0839. The van der Waals surface area contributed by atoms with Gasteiger partial charge >= 0.3 is 0 Å². The van der Waals surface area contributed by atoms with Gasteiger partial charge in [0.05, 0.1) is 19.9 Å². The number of amides is 2. The van der Waals surface area contributed by atoms with E-state index in [9.17, 15) is 14.7 Å². The summed E-state index contributed by atoms with van der Waals surface area (Å²) in [5.74, 6) is 1.69. The first kappa shape index (κ1) is 74.8. The third kappa shape index (κ3) is 31.5. The molecule has 1 aromatic rings. The molecule has 4 atom stereocenters. The number of hydrogen-bond donors (Lipinski definition) is 6. The predicted octanol–water partition coefficient (Wildman–Crippen LogP) is 5.75. The minimum Gasteiger partial charge on any atom is -0.508 e. The fraction of sp³-hybridized carbons (Fsp3) is 0.864. The van der Waals surface area contributed by atoms with Crippen LogP contribution in [0.3, 0.4) is 0 Å². The van der Waals surface area contributed by atoms with Crippen molar-refractivity contribution in [2.75, 3.05) is 122 Å². The average Bonchev–Trinajstić information content (AvgIpc) is 3.39. The van der Waals surface area contributed by atoms with E-state index in [1.807, 2.05) is 45.7 Å². The second-order valence-electron chi connectivity index (χ2n) is 24.9. The van der Waals surface area contributed by atoms with Crippen LogP contribution in [0.25, 0.3) is 0 Å². The molecule has 4 fully saturated rings. The summed E-state index contributed by atoms with van der Waals surface area (Å²) >= 11 is 0. The highest BCUT2D eigenvalue weighted by molar-refractivity contribution is 6.54. The van der Waals surface area contributed by atoms with Crippen molar-refractivity contribution in [3.8, 4) is 5.75 Å². The van der Waals surface area contributed by atoms with E-state index < -0.39 is 0 Å². The fourth-order valence-electron chi connectivity index (χ4n) is 9.84. The lowest BCUT2D eigenvalue weighted by Gasteiger charge is -2.38. The van der Waals surface area contributed by atoms with Crippen LogP contribution < -0.4 is 27.4 Å². The molecule has 0 aromatic heterocycles. The maximum atomic E-state index is 12.9. The van der Waals surface area contributed by atoms with Crippen molar-refractivity contribution in [2.24, 2.45) is 29.2 Å². The second-order valence-corrected chi connectivity index (χ2v) is 24.9. The SMILES string of the molecule is CB(C)C.CC(C)[C@@H](CN1CCC(N(C)C)CC1)NC(=O)[C@H]1Cc2ccc(O)cc2CN1.CC(C)[C@H](N)C(=O)N1CCC(N(C)C)CC1.CC(C)[C@H](N)CN1CCC(N(C)C)CC1.CN(C)C1CCNCC1.C[B]C.[B]C. The lowest BCUT2D eigenvalue weighted by Crippen LogP contribution is -2.55. The summed E-state index contributed by atoms with van der Waals surface area (Å²) in [6, 6.07) is 8.25. The number of nitrogens with zero attached hydrogens (tertiary/aromatic N) is 7. The van der Waals surface area contributed by atoms with Crippen LogP contribution in [0.4, 0.5) is 0 Å². The van der Waals surface area contributed by atoms with Gasteiger partial charge in [-0.15, -0.1) is 0 Å². The number of hydrogen-bond acceptors (Lipinski definition) is 13. The first-order chi connectivity index (χ1) is 36.2. The normalized spacial score (nSPS) is 20.1. The van der Waals surface area contributed by atoms with Crippen LogP contribution in [0.1, 0.15) is 104 Å². The van der Waals surface area contributed by atoms with Gasteiger partial charge in [0, 0.05) is 69.0 Å². The molecule has 445 valence electrons. The Kier molecular flexibility index (Phi) is 40.5. The summed E-state index contributed by atoms with van der Waals surface area (Å²) in [7, 11) is 23.7. The monoisotopic (exact) mass is 1080 g/mol. The topological polar surface area (TPSA) is 165 Å². The number of rotatable bonds is 14. The Morgan fingerprint density at radius 2 is 1.08 bits per heavy atom. The number of fused-ring (bicyclic) bond motifs is 1. The molecule has 77 heavy (non-hydrogen) atoms. The third-order valence-corrected chi connectivity index (χ3v) is 15.5. The average molecular weight is 1080 g/mol. The molecule has 4 saturated heterocycles. The number of aromatic hydroxyl groups is 1. The highest BCUT2D eigenvalue weighted by atomic mass is 16.3. The lowest BCUT2D eigenvalue weighted by molar-refractivity contribution is -0.135. The summed E-state index contributed by atoms with van der Waals surface area (Å²) in [5, 5.41) is 19.6. The van der Waals surface area contributed by atoms with Crippen molar-refractivity contribution in [2.45, 2.75) is 195 Å². The fourth-order valence-corrected chi connectivity index (χ4v) is 9.84. The van der Waals surface area contributed by atoms with Crippen LogP contribution >= 0.6 is 0 Å². The Hall–Kier alpha value is -2.25. The zero-order chi connectivity index (χ0) is 58.9. The molecular weight excluding hydrogens is 957 g/mol. The van der Waals surface area contributed by atoms with Gasteiger partial charge in [-0.3, -0.25) is 9.59 Å². The van der Waals surface area contributed by atoms with Crippen LogP contribution in [0.15, 0.2) is 18.2 Å². The minimum atomic E-state index is -0.337. The number of phenols is 1. The molecule has 8 N–H and O–H groups in total.